The standard InChI is InChI=1S/C12H13N3O4/c1-14(5-8-4-13-15(2)6-8)11(16)10-3-9(7-19-10)12(17)18/h3-4,6-7H,5H2,1-2H3,(H,17,18). The second kappa shape index (κ2) is 4.97. The van der Waals surface area contributed by atoms with Crippen molar-refractivity contribution in [3.63, 3.8) is 0 Å². The minimum Gasteiger partial charge on any atom is -0.478 e. The van der Waals surface area contributed by atoms with E-state index in [0.717, 1.165) is 11.8 Å². The minimum absolute atomic E-state index is 0.00351. The minimum atomic E-state index is -1.13. The lowest BCUT2D eigenvalue weighted by molar-refractivity contribution is 0.0695. The molecular weight excluding hydrogens is 250 g/mol. The van der Waals surface area contributed by atoms with Gasteiger partial charge in [0, 0.05) is 38.5 Å². The molecular formula is C12H13N3O4. The Labute approximate surface area is 109 Å². The van der Waals surface area contributed by atoms with E-state index in [9.17, 15) is 9.59 Å². The van der Waals surface area contributed by atoms with Crippen LogP contribution in [0.1, 0.15) is 26.5 Å². The topological polar surface area (TPSA) is 88.6 Å². The van der Waals surface area contributed by atoms with Crippen LogP contribution in [0, 0.1) is 0 Å². The first-order valence-corrected chi connectivity index (χ1v) is 5.52. The first kappa shape index (κ1) is 12.9. The Bertz CT molecular complexity index is 614. The Morgan fingerprint density at radius 1 is 1.53 bits per heavy atom. The maximum atomic E-state index is 12.0. The number of amides is 1. The molecule has 1 amide bonds. The Balaban J connectivity index is 2.07. The number of hydrogen-bond donors (Lipinski definition) is 1. The van der Waals surface area contributed by atoms with Gasteiger partial charge in [-0.05, 0) is 0 Å². The quantitative estimate of drug-likeness (QED) is 0.888. The van der Waals surface area contributed by atoms with Crippen molar-refractivity contribution in [1.82, 2.24) is 14.7 Å². The monoisotopic (exact) mass is 263 g/mol. The molecule has 0 aliphatic rings. The molecule has 19 heavy (non-hydrogen) atoms. The molecule has 2 rings (SSSR count). The number of carboxylic acid groups (broad SMARTS) is 1. The van der Waals surface area contributed by atoms with Gasteiger partial charge in [0.2, 0.25) is 0 Å². The van der Waals surface area contributed by atoms with Crippen molar-refractivity contribution in [2.75, 3.05) is 7.05 Å². The number of carboxylic acids is 1. The fourth-order valence-corrected chi connectivity index (χ4v) is 1.65. The van der Waals surface area contributed by atoms with Gasteiger partial charge in [-0.25, -0.2) is 4.79 Å². The molecule has 7 nitrogen and oxygen atoms in total. The van der Waals surface area contributed by atoms with Gasteiger partial charge in [0.25, 0.3) is 5.91 Å². The van der Waals surface area contributed by atoms with Gasteiger partial charge in [0.1, 0.15) is 6.26 Å². The zero-order valence-electron chi connectivity index (χ0n) is 10.5. The molecule has 2 heterocycles. The summed E-state index contributed by atoms with van der Waals surface area (Å²) in [7, 11) is 3.40. The molecule has 1 N–H and O–H groups in total. The van der Waals surface area contributed by atoms with E-state index in [1.54, 1.807) is 31.2 Å². The van der Waals surface area contributed by atoms with Crippen LogP contribution in [-0.4, -0.2) is 38.7 Å². The van der Waals surface area contributed by atoms with Crippen molar-refractivity contribution in [3.8, 4) is 0 Å². The molecule has 2 aromatic rings. The van der Waals surface area contributed by atoms with Crippen LogP contribution >= 0.6 is 0 Å². The first-order chi connectivity index (χ1) is 8.97. The fraction of sp³-hybridized carbons (Fsp3) is 0.250. The van der Waals surface area contributed by atoms with Crippen LogP contribution in [0.3, 0.4) is 0 Å². The Hall–Kier alpha value is -2.57. The summed E-state index contributed by atoms with van der Waals surface area (Å²) in [5.74, 6) is -1.50. The summed E-state index contributed by atoms with van der Waals surface area (Å²) in [6.07, 6.45) is 4.51. The molecule has 0 atom stereocenters. The van der Waals surface area contributed by atoms with E-state index >= 15 is 0 Å². The van der Waals surface area contributed by atoms with Gasteiger partial charge < -0.3 is 14.4 Å². The molecule has 0 saturated carbocycles. The van der Waals surface area contributed by atoms with E-state index in [4.69, 9.17) is 9.52 Å². The van der Waals surface area contributed by atoms with Crippen LogP contribution in [0.25, 0.3) is 0 Å². The number of aromatic nitrogens is 2. The molecule has 0 aliphatic heterocycles. The SMILES string of the molecule is CN(Cc1cnn(C)c1)C(=O)c1cc(C(=O)O)co1. The average molecular weight is 263 g/mol. The predicted octanol–water partition coefficient (Wildman–Crippen LogP) is 0.984. The van der Waals surface area contributed by atoms with Crippen molar-refractivity contribution >= 4 is 11.9 Å². The molecule has 0 aromatic carbocycles. The number of carbonyl (C=O) groups excluding carboxylic acids is 1. The van der Waals surface area contributed by atoms with Crippen LogP contribution < -0.4 is 0 Å². The van der Waals surface area contributed by atoms with E-state index in [1.807, 2.05) is 0 Å². The highest BCUT2D eigenvalue weighted by Gasteiger charge is 2.18. The van der Waals surface area contributed by atoms with Crippen molar-refractivity contribution in [3.05, 3.63) is 41.6 Å². The highest BCUT2D eigenvalue weighted by Crippen LogP contribution is 2.12. The fourth-order valence-electron chi connectivity index (χ4n) is 1.65. The molecule has 0 unspecified atom stereocenters. The average Bonchev–Trinajstić information content (AvgIpc) is 2.97. The molecule has 0 spiro atoms. The maximum Gasteiger partial charge on any atom is 0.338 e. The Kier molecular flexibility index (Phi) is 3.37. The molecule has 7 heteroatoms. The van der Waals surface area contributed by atoms with Crippen molar-refractivity contribution in [2.45, 2.75) is 6.54 Å². The summed E-state index contributed by atoms with van der Waals surface area (Å²) in [5.41, 5.74) is 0.835. The predicted molar refractivity (Wildman–Crippen MR) is 64.7 cm³/mol. The number of nitrogens with zero attached hydrogens (tertiary/aromatic N) is 3. The van der Waals surface area contributed by atoms with Crippen LogP contribution in [0.5, 0.6) is 0 Å². The number of aryl methyl sites for hydroxylation is 1. The van der Waals surface area contributed by atoms with Gasteiger partial charge in [-0.15, -0.1) is 0 Å². The third-order valence-corrected chi connectivity index (χ3v) is 2.58. The summed E-state index contributed by atoms with van der Waals surface area (Å²) in [6.45, 7) is 0.371. The summed E-state index contributed by atoms with van der Waals surface area (Å²) < 4.78 is 6.60. The largest absolute Gasteiger partial charge is 0.478 e. The van der Waals surface area contributed by atoms with Crippen LogP contribution in [0.2, 0.25) is 0 Å². The number of carbonyl (C=O) groups is 2. The molecule has 0 aliphatic carbocycles. The van der Waals surface area contributed by atoms with Gasteiger partial charge in [-0.1, -0.05) is 0 Å². The summed E-state index contributed by atoms with van der Waals surface area (Å²) in [6, 6.07) is 1.21. The molecule has 0 fully saturated rings. The zero-order chi connectivity index (χ0) is 14.0. The summed E-state index contributed by atoms with van der Waals surface area (Å²) >= 11 is 0. The van der Waals surface area contributed by atoms with Gasteiger partial charge in [-0.3, -0.25) is 9.48 Å². The van der Waals surface area contributed by atoms with Crippen LogP contribution in [-0.2, 0) is 13.6 Å². The molecule has 0 radical (unpaired) electrons. The first-order valence-electron chi connectivity index (χ1n) is 5.52. The molecule has 100 valence electrons. The van der Waals surface area contributed by atoms with Crippen LogP contribution in [0.4, 0.5) is 0 Å². The highest BCUT2D eigenvalue weighted by atomic mass is 16.4. The third-order valence-electron chi connectivity index (χ3n) is 2.58. The van der Waals surface area contributed by atoms with E-state index < -0.39 is 5.97 Å². The third kappa shape index (κ3) is 2.82. The van der Waals surface area contributed by atoms with Gasteiger partial charge in [0.05, 0.1) is 11.8 Å². The lowest BCUT2D eigenvalue weighted by Gasteiger charge is -2.14. The highest BCUT2D eigenvalue weighted by molar-refractivity contribution is 5.95. The van der Waals surface area contributed by atoms with Gasteiger partial charge >= 0.3 is 5.97 Å². The number of aromatic carboxylic acids is 1. The molecule has 0 bridgehead atoms. The van der Waals surface area contributed by atoms with Gasteiger partial charge in [0.15, 0.2) is 5.76 Å². The molecule has 0 saturated heterocycles. The van der Waals surface area contributed by atoms with E-state index in [1.165, 1.54) is 11.0 Å². The number of hydrogen-bond acceptors (Lipinski definition) is 4. The van der Waals surface area contributed by atoms with E-state index in [0.29, 0.717) is 6.54 Å². The number of rotatable bonds is 4. The Morgan fingerprint density at radius 2 is 2.26 bits per heavy atom. The maximum absolute atomic E-state index is 12.0. The van der Waals surface area contributed by atoms with E-state index in [2.05, 4.69) is 5.10 Å². The normalized spacial score (nSPS) is 10.4. The summed E-state index contributed by atoms with van der Waals surface area (Å²) in [4.78, 5) is 24.1. The second-order valence-electron chi connectivity index (χ2n) is 4.19. The summed E-state index contributed by atoms with van der Waals surface area (Å²) in [5, 5.41) is 12.8. The van der Waals surface area contributed by atoms with Gasteiger partial charge in [-0.2, -0.15) is 5.10 Å². The lowest BCUT2D eigenvalue weighted by atomic mass is 10.3. The second-order valence-corrected chi connectivity index (χ2v) is 4.19. The van der Waals surface area contributed by atoms with Crippen molar-refractivity contribution in [1.29, 1.82) is 0 Å². The van der Waals surface area contributed by atoms with Crippen molar-refractivity contribution in [2.24, 2.45) is 7.05 Å². The lowest BCUT2D eigenvalue weighted by Crippen LogP contribution is -2.25. The zero-order valence-corrected chi connectivity index (χ0v) is 10.5. The Morgan fingerprint density at radius 3 is 2.79 bits per heavy atom. The number of furan rings is 1. The van der Waals surface area contributed by atoms with Crippen LogP contribution in [0.15, 0.2) is 29.1 Å². The molecule has 2 aromatic heterocycles. The van der Waals surface area contributed by atoms with E-state index in [-0.39, 0.29) is 17.2 Å². The smallest absolute Gasteiger partial charge is 0.338 e. The van der Waals surface area contributed by atoms with Crippen molar-refractivity contribution < 1.29 is 19.1 Å².